The van der Waals surface area contributed by atoms with Crippen LogP contribution in [-0.4, -0.2) is 34.4 Å². The van der Waals surface area contributed by atoms with Gasteiger partial charge in [0.05, 0.1) is 9.79 Å². The normalized spacial score (nSPS) is 15.9. The second-order valence-corrected chi connectivity index (χ2v) is 9.38. The molecular formula is C12H8O8S3. The van der Waals surface area contributed by atoms with Crippen molar-refractivity contribution < 1.29 is 34.4 Å². The van der Waals surface area contributed by atoms with Gasteiger partial charge in [0.15, 0.2) is 0 Å². The zero-order chi connectivity index (χ0) is 17.2. The van der Waals surface area contributed by atoms with Crippen molar-refractivity contribution in [3.8, 4) is 11.1 Å². The molecular weight excluding hydrogens is 368 g/mol. The molecule has 0 amide bonds. The molecule has 0 atom stereocenters. The first-order valence-electron chi connectivity index (χ1n) is 5.92. The van der Waals surface area contributed by atoms with Crippen LogP contribution >= 0.6 is 0 Å². The van der Waals surface area contributed by atoms with E-state index in [1.165, 1.54) is 0 Å². The van der Waals surface area contributed by atoms with Crippen molar-refractivity contribution in [2.45, 2.75) is 19.6 Å². The average Bonchev–Trinajstić information content (AvgIpc) is 2.66. The van der Waals surface area contributed by atoms with Crippen LogP contribution in [0.25, 0.3) is 11.1 Å². The summed E-state index contributed by atoms with van der Waals surface area (Å²) in [6.07, 6.45) is 0. The third-order valence-corrected chi connectivity index (χ3v) is 6.99. The summed E-state index contributed by atoms with van der Waals surface area (Å²) in [5, 5.41) is 0. The van der Waals surface area contributed by atoms with E-state index in [-0.39, 0.29) is 0 Å². The summed E-state index contributed by atoms with van der Waals surface area (Å²) < 4.78 is 89.7. The maximum atomic E-state index is 12.5. The Kier molecular flexibility index (Phi) is 3.23. The molecule has 3 rings (SSSR count). The second-order valence-electron chi connectivity index (χ2n) is 4.71. The number of hydrogen-bond donors (Lipinski definition) is 2. The second kappa shape index (κ2) is 4.61. The van der Waals surface area contributed by atoms with E-state index < -0.39 is 60.8 Å². The smallest absolute Gasteiger partial charge is 0.282 e. The van der Waals surface area contributed by atoms with E-state index in [0.29, 0.717) is 0 Å². The maximum Gasteiger partial charge on any atom is 0.295 e. The summed E-state index contributed by atoms with van der Waals surface area (Å²) in [5.74, 6) is 0. The van der Waals surface area contributed by atoms with Crippen molar-refractivity contribution in [1.29, 1.82) is 0 Å². The van der Waals surface area contributed by atoms with Gasteiger partial charge in [-0.15, -0.1) is 0 Å². The zero-order valence-electron chi connectivity index (χ0n) is 11.0. The molecule has 122 valence electrons. The van der Waals surface area contributed by atoms with Crippen LogP contribution in [0.2, 0.25) is 0 Å². The third-order valence-electron chi connectivity index (χ3n) is 3.36. The third kappa shape index (κ3) is 2.28. The predicted molar refractivity (Wildman–Crippen MR) is 77.0 cm³/mol. The fourth-order valence-electron chi connectivity index (χ4n) is 2.51. The lowest BCUT2D eigenvalue weighted by atomic mass is 10.1. The van der Waals surface area contributed by atoms with Gasteiger partial charge in [0.2, 0.25) is 9.84 Å². The molecule has 2 aromatic carbocycles. The van der Waals surface area contributed by atoms with Crippen LogP contribution in [0.1, 0.15) is 0 Å². The molecule has 0 saturated heterocycles. The summed E-state index contributed by atoms with van der Waals surface area (Å²) in [6, 6.07) is 6.29. The first kappa shape index (κ1) is 16.1. The van der Waals surface area contributed by atoms with E-state index in [9.17, 15) is 34.4 Å². The maximum absolute atomic E-state index is 12.5. The monoisotopic (exact) mass is 376 g/mol. The fourth-order valence-corrected chi connectivity index (χ4v) is 5.80. The van der Waals surface area contributed by atoms with Crippen molar-refractivity contribution in [1.82, 2.24) is 0 Å². The highest BCUT2D eigenvalue weighted by atomic mass is 32.2. The molecule has 0 aliphatic carbocycles. The van der Waals surface area contributed by atoms with Gasteiger partial charge in [0.1, 0.15) is 9.79 Å². The quantitative estimate of drug-likeness (QED) is 0.630. The van der Waals surface area contributed by atoms with Gasteiger partial charge >= 0.3 is 0 Å². The molecule has 1 aliphatic heterocycles. The minimum Gasteiger partial charge on any atom is -0.282 e. The number of fused-ring (bicyclic) bond motifs is 3. The number of sulfone groups is 1. The Morgan fingerprint density at radius 3 is 1.35 bits per heavy atom. The summed E-state index contributed by atoms with van der Waals surface area (Å²) in [4.78, 5) is -2.43. The van der Waals surface area contributed by atoms with Gasteiger partial charge in [-0.3, -0.25) is 9.11 Å². The van der Waals surface area contributed by atoms with Gasteiger partial charge in [0, 0.05) is 11.1 Å². The van der Waals surface area contributed by atoms with Gasteiger partial charge in [-0.1, -0.05) is 12.1 Å². The van der Waals surface area contributed by atoms with Crippen LogP contribution in [0.5, 0.6) is 0 Å². The summed E-state index contributed by atoms with van der Waals surface area (Å²) >= 11 is 0. The summed E-state index contributed by atoms with van der Waals surface area (Å²) in [5.41, 5.74) is -0.948. The van der Waals surface area contributed by atoms with Crippen LogP contribution in [0.3, 0.4) is 0 Å². The average molecular weight is 376 g/mol. The predicted octanol–water partition coefficient (Wildman–Crippen LogP) is 0.993. The van der Waals surface area contributed by atoms with Crippen LogP contribution in [0, 0.1) is 0 Å². The highest BCUT2D eigenvalue weighted by Gasteiger charge is 2.40. The molecule has 8 nitrogen and oxygen atoms in total. The Hall–Kier alpha value is -1.79. The van der Waals surface area contributed by atoms with Crippen molar-refractivity contribution >= 4 is 30.1 Å². The van der Waals surface area contributed by atoms with Gasteiger partial charge in [-0.2, -0.15) is 16.8 Å². The van der Waals surface area contributed by atoms with E-state index in [2.05, 4.69) is 0 Å². The van der Waals surface area contributed by atoms with E-state index in [4.69, 9.17) is 0 Å². The largest absolute Gasteiger partial charge is 0.295 e. The van der Waals surface area contributed by atoms with Gasteiger partial charge in [-0.05, 0) is 24.3 Å². The Labute approximate surface area is 131 Å². The minimum absolute atomic E-state index is 0.460. The molecule has 11 heteroatoms. The Morgan fingerprint density at radius 2 is 1.04 bits per heavy atom. The molecule has 0 fully saturated rings. The Bertz CT molecular complexity index is 1070. The molecule has 2 N–H and O–H groups in total. The van der Waals surface area contributed by atoms with Crippen molar-refractivity contribution in [3.63, 3.8) is 0 Å². The topological polar surface area (TPSA) is 143 Å². The van der Waals surface area contributed by atoms with E-state index in [0.717, 1.165) is 36.4 Å². The molecule has 0 saturated carbocycles. The van der Waals surface area contributed by atoms with Crippen molar-refractivity contribution in [3.05, 3.63) is 36.4 Å². The van der Waals surface area contributed by atoms with Gasteiger partial charge in [-0.25, -0.2) is 8.42 Å². The standard InChI is InChI=1S/C12H8O8S3/c13-21(14)7-3-1-5-9(22(15,16)17)11(7)12-8(21)4-2-6-10(12)23(18,19)20/h1-6H,(H,15,16,17)(H,18,19,20). The zero-order valence-corrected chi connectivity index (χ0v) is 13.5. The molecule has 0 bridgehead atoms. The van der Waals surface area contributed by atoms with Gasteiger partial charge < -0.3 is 0 Å². The highest BCUT2D eigenvalue weighted by Crippen LogP contribution is 2.48. The minimum atomic E-state index is -4.82. The lowest BCUT2D eigenvalue weighted by Crippen LogP contribution is -2.04. The lowest BCUT2D eigenvalue weighted by Gasteiger charge is -2.08. The van der Waals surface area contributed by atoms with Crippen LogP contribution in [0.4, 0.5) is 0 Å². The molecule has 0 radical (unpaired) electrons. The van der Waals surface area contributed by atoms with Crippen LogP contribution in [-0.2, 0) is 30.1 Å². The first-order chi connectivity index (χ1) is 10.5. The van der Waals surface area contributed by atoms with Crippen LogP contribution in [0.15, 0.2) is 56.0 Å². The Balaban J connectivity index is 2.64. The molecule has 1 heterocycles. The summed E-state index contributed by atoms with van der Waals surface area (Å²) in [6.45, 7) is 0. The molecule has 2 aromatic rings. The molecule has 0 spiro atoms. The molecule has 23 heavy (non-hydrogen) atoms. The molecule has 0 unspecified atom stereocenters. The summed E-state index contributed by atoms with van der Waals surface area (Å²) in [7, 11) is -13.8. The van der Waals surface area contributed by atoms with E-state index in [1.54, 1.807) is 0 Å². The number of benzene rings is 2. The number of rotatable bonds is 2. The number of hydrogen-bond acceptors (Lipinski definition) is 6. The highest BCUT2D eigenvalue weighted by molar-refractivity contribution is 7.92. The molecule has 1 aliphatic rings. The Morgan fingerprint density at radius 1 is 0.696 bits per heavy atom. The van der Waals surface area contributed by atoms with Crippen LogP contribution < -0.4 is 0 Å². The van der Waals surface area contributed by atoms with E-state index in [1.807, 2.05) is 0 Å². The SMILES string of the molecule is O=S(=O)(O)c1cccc2c1-c1c(S(=O)(=O)O)cccc1S2(=O)=O. The van der Waals surface area contributed by atoms with Crippen molar-refractivity contribution in [2.75, 3.05) is 0 Å². The first-order valence-corrected chi connectivity index (χ1v) is 10.3. The fraction of sp³-hybridized carbons (Fsp3) is 0. The van der Waals surface area contributed by atoms with Gasteiger partial charge in [0.25, 0.3) is 20.2 Å². The molecule has 0 aromatic heterocycles. The van der Waals surface area contributed by atoms with E-state index >= 15 is 0 Å². The van der Waals surface area contributed by atoms with Crippen molar-refractivity contribution in [2.24, 2.45) is 0 Å². The lowest BCUT2D eigenvalue weighted by molar-refractivity contribution is 0.479.